The summed E-state index contributed by atoms with van der Waals surface area (Å²) in [5.74, 6) is 0.629. The highest BCUT2D eigenvalue weighted by molar-refractivity contribution is 7.89. The summed E-state index contributed by atoms with van der Waals surface area (Å²) < 4.78 is 40.4. The van der Waals surface area contributed by atoms with Gasteiger partial charge in [0.15, 0.2) is 0 Å². The summed E-state index contributed by atoms with van der Waals surface area (Å²) >= 11 is 6.13. The molecule has 1 aliphatic rings. The molecule has 3 aromatic rings. The second kappa shape index (κ2) is 9.38. The van der Waals surface area contributed by atoms with Gasteiger partial charge in [-0.1, -0.05) is 31.5 Å². The third-order valence-electron chi connectivity index (χ3n) is 5.41. The van der Waals surface area contributed by atoms with Crippen molar-refractivity contribution in [2.75, 3.05) is 18.4 Å². The van der Waals surface area contributed by atoms with Crippen molar-refractivity contribution in [2.24, 2.45) is 0 Å². The lowest BCUT2D eigenvalue weighted by Crippen LogP contribution is -2.30. The molecule has 2 aromatic carbocycles. The zero-order valence-electron chi connectivity index (χ0n) is 18.1. The van der Waals surface area contributed by atoms with Gasteiger partial charge in [0.1, 0.15) is 5.82 Å². The Bertz CT molecular complexity index is 1330. The minimum atomic E-state index is -3.61. The number of carbonyl (C=O) groups is 1. The highest BCUT2D eigenvalue weighted by Crippen LogP contribution is 2.32. The molecule has 0 bridgehead atoms. The number of aromatic nitrogens is 2. The van der Waals surface area contributed by atoms with Crippen molar-refractivity contribution < 1.29 is 17.4 Å². The number of fused-ring (bicyclic) bond motifs is 1. The highest BCUT2D eigenvalue weighted by atomic mass is 35.5. The van der Waals surface area contributed by atoms with Crippen molar-refractivity contribution in [1.82, 2.24) is 14.1 Å². The van der Waals surface area contributed by atoms with Crippen LogP contribution in [0.2, 0.25) is 5.02 Å². The predicted octanol–water partition coefficient (Wildman–Crippen LogP) is 3.57. The molecule has 1 atom stereocenters. The molecule has 2 heterocycles. The third kappa shape index (κ3) is 4.61. The Hall–Kier alpha value is -2.53. The summed E-state index contributed by atoms with van der Waals surface area (Å²) in [6.07, 6.45) is 0. The smallest absolute Gasteiger partial charge is 0.256 e. The molecule has 1 amide bonds. The van der Waals surface area contributed by atoms with Gasteiger partial charge >= 0.3 is 0 Å². The second-order valence-corrected chi connectivity index (χ2v) is 11.3. The molecule has 174 valence electrons. The first-order valence-electron chi connectivity index (χ1n) is 10.4. The normalized spacial score (nSPS) is 15.6. The number of rotatable bonds is 7. The van der Waals surface area contributed by atoms with Gasteiger partial charge in [-0.15, -0.1) is 0 Å². The number of hydrogen-bond donors (Lipinski definition) is 1. The van der Waals surface area contributed by atoms with Crippen LogP contribution in [-0.4, -0.2) is 45.7 Å². The van der Waals surface area contributed by atoms with Gasteiger partial charge in [0.05, 0.1) is 27.8 Å². The van der Waals surface area contributed by atoms with E-state index in [2.05, 4.69) is 10.4 Å². The van der Waals surface area contributed by atoms with E-state index in [0.717, 1.165) is 5.56 Å². The summed E-state index contributed by atoms with van der Waals surface area (Å²) in [5.41, 5.74) is 2.35. The van der Waals surface area contributed by atoms with Crippen LogP contribution >= 0.6 is 11.6 Å². The number of benzene rings is 2. The van der Waals surface area contributed by atoms with Gasteiger partial charge in [-0.3, -0.25) is 9.00 Å². The standard InChI is InChI=1S/C22H23ClN4O4S2/c1-3-26(4-2)33(30,31)18-10-8-15(9-11-18)22(28)24-21-19-13-32(29)14-20(19)25-27(21)17-7-5-6-16(23)12-17/h5-12H,3-4,13-14H2,1-2H3,(H,24,28)/t32-/m1/s1. The molecule has 33 heavy (non-hydrogen) atoms. The van der Waals surface area contributed by atoms with Crippen LogP contribution < -0.4 is 5.32 Å². The first-order chi connectivity index (χ1) is 15.7. The topological polar surface area (TPSA) is 101 Å². The Balaban J connectivity index is 1.65. The molecule has 11 heteroatoms. The number of carbonyl (C=O) groups excluding carboxylic acids is 1. The van der Waals surface area contributed by atoms with E-state index in [4.69, 9.17) is 11.6 Å². The fourth-order valence-electron chi connectivity index (χ4n) is 3.72. The van der Waals surface area contributed by atoms with Crippen LogP contribution in [0.3, 0.4) is 0 Å². The largest absolute Gasteiger partial charge is 0.306 e. The molecule has 0 saturated carbocycles. The minimum Gasteiger partial charge on any atom is -0.306 e. The van der Waals surface area contributed by atoms with Gasteiger partial charge in [-0.25, -0.2) is 13.1 Å². The van der Waals surface area contributed by atoms with E-state index >= 15 is 0 Å². The van der Waals surface area contributed by atoms with E-state index in [1.54, 1.807) is 36.7 Å². The van der Waals surface area contributed by atoms with Crippen LogP contribution in [0.25, 0.3) is 5.69 Å². The average Bonchev–Trinajstić information content (AvgIpc) is 3.31. The molecule has 1 aliphatic heterocycles. The number of anilines is 1. The maximum Gasteiger partial charge on any atom is 0.256 e. The maximum atomic E-state index is 13.0. The average molecular weight is 507 g/mol. The van der Waals surface area contributed by atoms with Crippen LogP contribution in [0.15, 0.2) is 53.4 Å². The van der Waals surface area contributed by atoms with E-state index in [1.165, 1.54) is 28.6 Å². The molecule has 1 aromatic heterocycles. The van der Waals surface area contributed by atoms with E-state index in [9.17, 15) is 17.4 Å². The lowest BCUT2D eigenvalue weighted by Gasteiger charge is -2.18. The fourth-order valence-corrected chi connectivity index (χ4v) is 6.63. The zero-order valence-corrected chi connectivity index (χ0v) is 20.5. The molecule has 0 unspecified atom stereocenters. The lowest BCUT2D eigenvalue weighted by molar-refractivity contribution is 0.102. The van der Waals surface area contributed by atoms with Gasteiger partial charge in [0, 0.05) is 40.0 Å². The summed E-state index contributed by atoms with van der Waals surface area (Å²) in [5, 5.41) is 7.94. The van der Waals surface area contributed by atoms with E-state index in [1.807, 2.05) is 6.07 Å². The summed E-state index contributed by atoms with van der Waals surface area (Å²) in [4.78, 5) is 13.2. The van der Waals surface area contributed by atoms with Gasteiger partial charge in [-0.05, 0) is 42.5 Å². The highest BCUT2D eigenvalue weighted by Gasteiger charge is 2.29. The van der Waals surface area contributed by atoms with Crippen molar-refractivity contribution in [1.29, 1.82) is 0 Å². The first kappa shape index (κ1) is 23.6. The van der Waals surface area contributed by atoms with Gasteiger partial charge in [0.25, 0.3) is 5.91 Å². The van der Waals surface area contributed by atoms with Crippen LogP contribution in [0.4, 0.5) is 5.82 Å². The van der Waals surface area contributed by atoms with Crippen LogP contribution in [0.1, 0.15) is 35.5 Å². The number of hydrogen-bond acceptors (Lipinski definition) is 5. The molecule has 1 N–H and O–H groups in total. The molecule has 0 aliphatic carbocycles. The molecule has 0 radical (unpaired) electrons. The fraction of sp³-hybridized carbons (Fsp3) is 0.273. The summed E-state index contributed by atoms with van der Waals surface area (Å²) in [6, 6.07) is 12.9. The van der Waals surface area contributed by atoms with Crippen molar-refractivity contribution in [3.05, 3.63) is 70.4 Å². The SMILES string of the molecule is CCN(CC)S(=O)(=O)c1ccc(C(=O)Nc2c3c(nn2-c2cccc(Cl)c2)C[S@](=O)C3)cc1. The Morgan fingerprint density at radius 3 is 2.48 bits per heavy atom. The Kier molecular flexibility index (Phi) is 6.71. The molecule has 0 saturated heterocycles. The first-order valence-corrected chi connectivity index (χ1v) is 13.7. The monoisotopic (exact) mass is 506 g/mol. The lowest BCUT2D eigenvalue weighted by atomic mass is 10.2. The Morgan fingerprint density at radius 1 is 1.15 bits per heavy atom. The Morgan fingerprint density at radius 2 is 1.85 bits per heavy atom. The van der Waals surface area contributed by atoms with Crippen LogP contribution in [0.5, 0.6) is 0 Å². The predicted molar refractivity (Wildman–Crippen MR) is 129 cm³/mol. The third-order valence-corrected chi connectivity index (χ3v) is 8.92. The van der Waals surface area contributed by atoms with Crippen molar-refractivity contribution in [3.8, 4) is 5.69 Å². The number of sulfonamides is 1. The van der Waals surface area contributed by atoms with E-state index in [0.29, 0.717) is 52.4 Å². The van der Waals surface area contributed by atoms with Crippen molar-refractivity contribution in [3.63, 3.8) is 0 Å². The summed E-state index contributed by atoms with van der Waals surface area (Å²) in [7, 11) is -4.68. The molecule has 4 rings (SSSR count). The second-order valence-electron chi connectivity index (χ2n) is 7.46. The molecule has 0 spiro atoms. The van der Waals surface area contributed by atoms with Crippen molar-refractivity contribution >= 4 is 44.1 Å². The Labute approximate surface area is 200 Å². The maximum absolute atomic E-state index is 13.0. The van der Waals surface area contributed by atoms with Crippen LogP contribution in [-0.2, 0) is 32.3 Å². The molecule has 8 nitrogen and oxygen atoms in total. The van der Waals surface area contributed by atoms with Crippen molar-refractivity contribution in [2.45, 2.75) is 30.2 Å². The zero-order chi connectivity index (χ0) is 23.8. The minimum absolute atomic E-state index is 0.128. The number of nitrogens with zero attached hydrogens (tertiary/aromatic N) is 3. The quantitative estimate of drug-likeness (QED) is 0.528. The summed E-state index contributed by atoms with van der Waals surface area (Å²) in [6.45, 7) is 4.27. The van der Waals surface area contributed by atoms with E-state index < -0.39 is 26.7 Å². The molecule has 0 fully saturated rings. The van der Waals surface area contributed by atoms with Crippen LogP contribution in [0, 0.1) is 0 Å². The van der Waals surface area contributed by atoms with Gasteiger partial charge in [-0.2, -0.15) is 9.40 Å². The molecular formula is C22H23ClN4O4S2. The molecular weight excluding hydrogens is 484 g/mol. The number of amides is 1. The number of nitrogens with one attached hydrogen (secondary N) is 1. The van der Waals surface area contributed by atoms with Gasteiger partial charge < -0.3 is 5.32 Å². The van der Waals surface area contributed by atoms with E-state index in [-0.39, 0.29) is 4.90 Å². The number of halogens is 1. The van der Waals surface area contributed by atoms with Gasteiger partial charge in [0.2, 0.25) is 10.0 Å².